The number of nitrogens with zero attached hydrogens (tertiary/aromatic N) is 1. The van der Waals surface area contributed by atoms with Crippen LogP contribution in [0.3, 0.4) is 0 Å². The van der Waals surface area contributed by atoms with Crippen molar-refractivity contribution in [2.24, 2.45) is 0 Å². The van der Waals surface area contributed by atoms with E-state index >= 15 is 0 Å². The highest BCUT2D eigenvalue weighted by atomic mass is 127. The number of ether oxygens (including phenoxy) is 3. The highest BCUT2D eigenvalue weighted by Crippen LogP contribution is 2.34. The van der Waals surface area contributed by atoms with Crippen LogP contribution in [0.25, 0.3) is 6.08 Å². The normalized spacial score (nSPS) is 16.3. The first-order chi connectivity index (χ1) is 13.3. The van der Waals surface area contributed by atoms with Crippen LogP contribution in [0.15, 0.2) is 23.1 Å². The SMILES string of the molecule is CCOC(=O)[C@@H](C)N1C(=O)S/C(=C/c2ccc(OCC(=O)OC)c(I)c2)C1=O. The van der Waals surface area contributed by atoms with Crippen LogP contribution in [0.5, 0.6) is 5.75 Å². The van der Waals surface area contributed by atoms with Gasteiger partial charge in [0, 0.05) is 0 Å². The van der Waals surface area contributed by atoms with Gasteiger partial charge in [-0.1, -0.05) is 6.07 Å². The molecule has 0 aromatic heterocycles. The van der Waals surface area contributed by atoms with Gasteiger partial charge in [-0.3, -0.25) is 14.5 Å². The fourth-order valence-electron chi connectivity index (χ4n) is 2.25. The molecule has 0 radical (unpaired) electrons. The number of carbonyl (C=O) groups is 4. The van der Waals surface area contributed by atoms with Crippen LogP contribution in [-0.4, -0.2) is 54.4 Å². The third-order valence-corrected chi connectivity index (χ3v) is 5.39. The van der Waals surface area contributed by atoms with Gasteiger partial charge >= 0.3 is 11.9 Å². The number of benzene rings is 1. The number of amides is 2. The van der Waals surface area contributed by atoms with E-state index in [4.69, 9.17) is 9.47 Å². The molecule has 1 aromatic rings. The van der Waals surface area contributed by atoms with E-state index in [1.165, 1.54) is 14.0 Å². The summed E-state index contributed by atoms with van der Waals surface area (Å²) in [7, 11) is 1.27. The summed E-state index contributed by atoms with van der Waals surface area (Å²) < 4.78 is 15.5. The number of methoxy groups -OCH3 is 1. The van der Waals surface area contributed by atoms with E-state index in [0.29, 0.717) is 11.3 Å². The molecular formula is C18H18INO7S. The second-order valence-electron chi connectivity index (χ2n) is 5.53. The Morgan fingerprint density at radius 1 is 1.32 bits per heavy atom. The van der Waals surface area contributed by atoms with Crippen LogP contribution >= 0.6 is 34.4 Å². The molecule has 0 aliphatic carbocycles. The minimum absolute atomic E-state index is 0.165. The maximum atomic E-state index is 12.6. The summed E-state index contributed by atoms with van der Waals surface area (Å²) in [5.41, 5.74) is 0.670. The summed E-state index contributed by atoms with van der Waals surface area (Å²) in [5.74, 6) is -1.18. The molecule has 1 aromatic carbocycles. The van der Waals surface area contributed by atoms with Crippen molar-refractivity contribution in [3.8, 4) is 5.75 Å². The van der Waals surface area contributed by atoms with E-state index in [1.807, 2.05) is 22.6 Å². The quantitative estimate of drug-likeness (QED) is 0.308. The molecule has 28 heavy (non-hydrogen) atoms. The summed E-state index contributed by atoms with van der Waals surface area (Å²) >= 11 is 2.80. The number of carbonyl (C=O) groups excluding carboxylic acids is 4. The number of hydrogen-bond acceptors (Lipinski definition) is 8. The number of thioether (sulfide) groups is 1. The molecule has 1 aliphatic rings. The van der Waals surface area contributed by atoms with Gasteiger partial charge in [-0.15, -0.1) is 0 Å². The predicted octanol–water partition coefficient (Wildman–Crippen LogP) is 2.83. The van der Waals surface area contributed by atoms with E-state index in [-0.39, 0.29) is 18.1 Å². The zero-order chi connectivity index (χ0) is 20.8. The zero-order valence-electron chi connectivity index (χ0n) is 15.4. The molecular weight excluding hydrogens is 501 g/mol. The van der Waals surface area contributed by atoms with Gasteiger partial charge in [0.2, 0.25) is 0 Å². The van der Waals surface area contributed by atoms with Crippen molar-refractivity contribution >= 4 is 63.5 Å². The minimum Gasteiger partial charge on any atom is -0.481 e. The Morgan fingerprint density at radius 3 is 2.64 bits per heavy atom. The third kappa shape index (κ3) is 5.25. The van der Waals surface area contributed by atoms with E-state index < -0.39 is 29.1 Å². The van der Waals surface area contributed by atoms with E-state index in [2.05, 4.69) is 4.74 Å². The first-order valence-electron chi connectivity index (χ1n) is 8.21. The van der Waals surface area contributed by atoms with Gasteiger partial charge in [-0.25, -0.2) is 9.59 Å². The Balaban J connectivity index is 2.16. The number of hydrogen-bond donors (Lipinski definition) is 0. The number of esters is 2. The smallest absolute Gasteiger partial charge is 0.343 e. The highest BCUT2D eigenvalue weighted by Gasteiger charge is 2.41. The van der Waals surface area contributed by atoms with Gasteiger partial charge < -0.3 is 14.2 Å². The monoisotopic (exact) mass is 519 g/mol. The van der Waals surface area contributed by atoms with E-state index in [9.17, 15) is 19.2 Å². The molecule has 0 bridgehead atoms. The molecule has 10 heteroatoms. The molecule has 8 nitrogen and oxygen atoms in total. The van der Waals surface area contributed by atoms with Gasteiger partial charge in [-0.2, -0.15) is 0 Å². The molecule has 1 atom stereocenters. The number of halogens is 1. The van der Waals surface area contributed by atoms with Gasteiger partial charge in [0.1, 0.15) is 11.8 Å². The summed E-state index contributed by atoms with van der Waals surface area (Å²) in [5, 5.41) is -0.524. The van der Waals surface area contributed by atoms with Crippen molar-refractivity contribution < 1.29 is 33.4 Å². The first-order valence-corrected chi connectivity index (χ1v) is 10.1. The number of rotatable bonds is 7. The molecule has 150 valence electrons. The topological polar surface area (TPSA) is 99.2 Å². The molecule has 1 fully saturated rings. The van der Waals surface area contributed by atoms with Crippen molar-refractivity contribution in [3.63, 3.8) is 0 Å². The van der Waals surface area contributed by atoms with Gasteiger partial charge in [0.05, 0.1) is 22.2 Å². The zero-order valence-corrected chi connectivity index (χ0v) is 18.4. The molecule has 1 aliphatic heterocycles. The average molecular weight is 519 g/mol. The molecule has 0 unspecified atom stereocenters. The Hall–Kier alpha value is -2.08. The summed E-state index contributed by atoms with van der Waals surface area (Å²) in [6.45, 7) is 3.06. The highest BCUT2D eigenvalue weighted by molar-refractivity contribution is 14.1. The lowest BCUT2D eigenvalue weighted by Gasteiger charge is -2.19. The Morgan fingerprint density at radius 2 is 2.04 bits per heavy atom. The first kappa shape index (κ1) is 22.2. The van der Waals surface area contributed by atoms with Crippen molar-refractivity contribution in [2.75, 3.05) is 20.3 Å². The van der Waals surface area contributed by atoms with Gasteiger partial charge in [-0.05, 0) is 72.0 Å². The fraction of sp³-hybridized carbons (Fsp3) is 0.333. The lowest BCUT2D eigenvalue weighted by atomic mass is 10.2. The molecule has 0 N–H and O–H groups in total. The van der Waals surface area contributed by atoms with E-state index in [1.54, 1.807) is 31.2 Å². The van der Waals surface area contributed by atoms with E-state index in [0.717, 1.165) is 20.2 Å². The second kappa shape index (κ2) is 9.92. The third-order valence-electron chi connectivity index (χ3n) is 3.67. The molecule has 0 saturated carbocycles. The lowest BCUT2D eigenvalue weighted by Crippen LogP contribution is -2.42. The molecule has 2 amide bonds. The van der Waals surface area contributed by atoms with Crippen LogP contribution in [-0.2, 0) is 23.9 Å². The van der Waals surface area contributed by atoms with Crippen molar-refractivity contribution in [1.29, 1.82) is 0 Å². The summed E-state index contributed by atoms with van der Waals surface area (Å²) in [6.07, 6.45) is 1.56. The molecule has 1 saturated heterocycles. The van der Waals surface area contributed by atoms with Crippen molar-refractivity contribution in [3.05, 3.63) is 32.2 Å². The maximum absolute atomic E-state index is 12.6. The molecule has 0 spiro atoms. The Labute approximate surface area is 179 Å². The van der Waals surface area contributed by atoms with Crippen molar-refractivity contribution in [1.82, 2.24) is 4.90 Å². The van der Waals surface area contributed by atoms with Crippen LogP contribution in [0.4, 0.5) is 4.79 Å². The molecule has 1 heterocycles. The fourth-order valence-corrected chi connectivity index (χ4v) is 3.86. The Kier molecular flexibility index (Phi) is 7.87. The van der Waals surface area contributed by atoms with Crippen LogP contribution in [0.1, 0.15) is 19.4 Å². The summed E-state index contributed by atoms with van der Waals surface area (Å²) in [6, 6.07) is 4.10. The second-order valence-corrected chi connectivity index (χ2v) is 7.69. The van der Waals surface area contributed by atoms with Gasteiger partial charge in [0.25, 0.3) is 11.1 Å². The van der Waals surface area contributed by atoms with Crippen LogP contribution < -0.4 is 4.74 Å². The maximum Gasteiger partial charge on any atom is 0.343 e. The largest absolute Gasteiger partial charge is 0.481 e. The Bertz CT molecular complexity index is 839. The lowest BCUT2D eigenvalue weighted by molar-refractivity contribution is -0.150. The van der Waals surface area contributed by atoms with Crippen LogP contribution in [0, 0.1) is 3.57 Å². The average Bonchev–Trinajstić information content (AvgIpc) is 2.93. The van der Waals surface area contributed by atoms with Crippen molar-refractivity contribution in [2.45, 2.75) is 19.9 Å². The molecule has 2 rings (SSSR count). The standard InChI is InChI=1S/C18H18INO7S/c1-4-26-17(23)10(2)20-16(22)14(28-18(20)24)8-11-5-6-13(12(19)7-11)27-9-15(21)25-3/h5-8,10H,4,9H2,1-3H3/b14-8+/t10-/m1/s1. The predicted molar refractivity (Wildman–Crippen MR) is 111 cm³/mol. The minimum atomic E-state index is -0.993. The summed E-state index contributed by atoms with van der Waals surface area (Å²) in [4.78, 5) is 48.9. The number of imide groups is 1. The van der Waals surface area contributed by atoms with Gasteiger partial charge in [0.15, 0.2) is 6.61 Å². The van der Waals surface area contributed by atoms with Crippen LogP contribution in [0.2, 0.25) is 0 Å².